The highest BCUT2D eigenvalue weighted by Gasteiger charge is 2.20. The normalized spacial score (nSPS) is 14.4. The molecule has 1 fully saturated rings. The minimum atomic E-state index is -0.201. The SMILES string of the molecule is Cc1c(COc2cc(OCc3cncc(C#N)c3)c(CNCc3ccn[nH]3)cc2Cl)cccc1-c1cccc(OCCCN2CCC(O)C2)c1C. The van der Waals surface area contributed by atoms with Crippen LogP contribution in [-0.4, -0.2) is 57.5 Å². The third-order valence-corrected chi connectivity index (χ3v) is 9.45. The van der Waals surface area contributed by atoms with Gasteiger partial charge in [-0.1, -0.05) is 41.9 Å². The summed E-state index contributed by atoms with van der Waals surface area (Å²) in [5.74, 6) is 2.00. The molecule has 2 aromatic heterocycles. The van der Waals surface area contributed by atoms with Crippen LogP contribution < -0.4 is 19.5 Å². The molecule has 0 amide bonds. The molecule has 51 heavy (non-hydrogen) atoms. The Labute approximate surface area is 304 Å². The summed E-state index contributed by atoms with van der Waals surface area (Å²) in [7, 11) is 0. The number of nitrogens with zero attached hydrogens (tertiary/aromatic N) is 4. The number of aromatic nitrogens is 3. The summed E-state index contributed by atoms with van der Waals surface area (Å²) < 4.78 is 18.9. The van der Waals surface area contributed by atoms with Gasteiger partial charge in [-0.15, -0.1) is 0 Å². The smallest absolute Gasteiger partial charge is 0.142 e. The number of aromatic amines is 1. The average molecular weight is 707 g/mol. The van der Waals surface area contributed by atoms with E-state index >= 15 is 0 Å². The van der Waals surface area contributed by atoms with Crippen molar-refractivity contribution in [3.8, 4) is 34.4 Å². The van der Waals surface area contributed by atoms with Gasteiger partial charge in [0.2, 0.25) is 0 Å². The Kier molecular flexibility index (Phi) is 12.2. The fourth-order valence-corrected chi connectivity index (χ4v) is 6.54. The highest BCUT2D eigenvalue weighted by Crippen LogP contribution is 2.36. The zero-order valence-corrected chi connectivity index (χ0v) is 29.7. The van der Waals surface area contributed by atoms with E-state index in [4.69, 9.17) is 25.8 Å². The number of nitriles is 1. The molecule has 0 bridgehead atoms. The van der Waals surface area contributed by atoms with Crippen LogP contribution in [0.3, 0.4) is 0 Å². The summed E-state index contributed by atoms with van der Waals surface area (Å²) in [6, 6.07) is 21.9. The summed E-state index contributed by atoms with van der Waals surface area (Å²) in [4.78, 5) is 6.45. The van der Waals surface area contributed by atoms with Crippen LogP contribution in [-0.2, 0) is 26.3 Å². The molecule has 10 nitrogen and oxygen atoms in total. The van der Waals surface area contributed by atoms with E-state index < -0.39 is 0 Å². The molecule has 1 aliphatic heterocycles. The first-order valence-corrected chi connectivity index (χ1v) is 17.6. The number of pyridine rings is 1. The predicted octanol–water partition coefficient (Wildman–Crippen LogP) is 6.90. The van der Waals surface area contributed by atoms with Crippen molar-refractivity contribution in [1.29, 1.82) is 5.26 Å². The highest BCUT2D eigenvalue weighted by molar-refractivity contribution is 6.32. The molecule has 6 rings (SSSR count). The lowest BCUT2D eigenvalue weighted by Gasteiger charge is -2.19. The van der Waals surface area contributed by atoms with Gasteiger partial charge in [-0.25, -0.2) is 0 Å². The van der Waals surface area contributed by atoms with Gasteiger partial charge in [0.1, 0.15) is 36.5 Å². The van der Waals surface area contributed by atoms with Crippen molar-refractivity contribution in [2.45, 2.75) is 59.1 Å². The maximum Gasteiger partial charge on any atom is 0.142 e. The number of halogens is 1. The summed E-state index contributed by atoms with van der Waals surface area (Å²) in [6.45, 7) is 9.09. The van der Waals surface area contributed by atoms with Crippen molar-refractivity contribution in [1.82, 2.24) is 25.4 Å². The standard InChI is InChI=1S/C40H43ClN6O4/c1-27-31(6-3-7-35(27)36-8-4-9-38(28(36)2)49-15-5-13-47-14-11-34(48)24-47)26-51-40-18-39(50-25-30-16-29(19-42)20-43-21-30)32(17-37(40)41)22-44-23-33-10-12-45-46-33/h3-4,6-10,12,16-18,20-21,34,44,48H,5,11,13-15,22-26H2,1-2H3,(H,45,46). The fraction of sp³-hybridized carbons (Fsp3) is 0.325. The molecule has 264 valence electrons. The van der Waals surface area contributed by atoms with Gasteiger partial charge < -0.3 is 29.5 Å². The van der Waals surface area contributed by atoms with Crippen molar-refractivity contribution in [3.05, 3.63) is 123 Å². The number of β-amino-alcohol motifs (C(OH)–C–C–N with tert-alkyl or cyclic N) is 1. The van der Waals surface area contributed by atoms with Crippen molar-refractivity contribution >= 4 is 11.6 Å². The van der Waals surface area contributed by atoms with Crippen LogP contribution in [0.4, 0.5) is 0 Å². The van der Waals surface area contributed by atoms with Crippen LogP contribution >= 0.6 is 11.6 Å². The van der Waals surface area contributed by atoms with E-state index in [1.165, 1.54) is 6.20 Å². The van der Waals surface area contributed by atoms with Crippen LogP contribution in [0.25, 0.3) is 11.1 Å². The minimum absolute atomic E-state index is 0.201. The Balaban J connectivity index is 1.15. The number of H-pyrrole nitrogens is 1. The Morgan fingerprint density at radius 2 is 1.76 bits per heavy atom. The lowest BCUT2D eigenvalue weighted by molar-refractivity contribution is 0.173. The molecule has 3 N–H and O–H groups in total. The molecule has 0 saturated carbocycles. The first-order chi connectivity index (χ1) is 24.9. The van der Waals surface area contributed by atoms with Gasteiger partial charge >= 0.3 is 0 Å². The second-order valence-electron chi connectivity index (χ2n) is 12.8. The molecule has 1 unspecified atom stereocenters. The molecule has 1 aliphatic rings. The molecule has 1 saturated heterocycles. The Bertz CT molecular complexity index is 1960. The molecular weight excluding hydrogens is 664 g/mol. The van der Waals surface area contributed by atoms with Crippen molar-refractivity contribution in [3.63, 3.8) is 0 Å². The maximum absolute atomic E-state index is 9.79. The number of nitrogens with one attached hydrogen (secondary N) is 2. The van der Waals surface area contributed by atoms with E-state index in [0.29, 0.717) is 48.4 Å². The molecule has 0 aliphatic carbocycles. The van der Waals surface area contributed by atoms with Crippen LogP contribution in [0.5, 0.6) is 17.2 Å². The molecule has 11 heteroatoms. The van der Waals surface area contributed by atoms with E-state index in [-0.39, 0.29) is 12.7 Å². The monoisotopic (exact) mass is 706 g/mol. The van der Waals surface area contributed by atoms with E-state index in [9.17, 15) is 10.4 Å². The summed E-state index contributed by atoms with van der Waals surface area (Å²) >= 11 is 6.81. The largest absolute Gasteiger partial charge is 0.493 e. The van der Waals surface area contributed by atoms with Crippen LogP contribution in [0, 0.1) is 25.2 Å². The first-order valence-electron chi connectivity index (χ1n) is 17.2. The van der Waals surface area contributed by atoms with Crippen LogP contribution in [0.1, 0.15) is 51.9 Å². The fourth-order valence-electron chi connectivity index (χ4n) is 6.30. The molecule has 3 aromatic carbocycles. The van der Waals surface area contributed by atoms with E-state index in [1.54, 1.807) is 18.5 Å². The van der Waals surface area contributed by atoms with Crippen molar-refractivity contribution in [2.24, 2.45) is 0 Å². The average Bonchev–Trinajstić information content (AvgIpc) is 3.82. The van der Waals surface area contributed by atoms with Gasteiger partial charge in [0.25, 0.3) is 0 Å². The van der Waals surface area contributed by atoms with Crippen LogP contribution in [0.2, 0.25) is 5.02 Å². The lowest BCUT2D eigenvalue weighted by atomic mass is 9.93. The van der Waals surface area contributed by atoms with E-state index in [2.05, 4.69) is 63.5 Å². The molecule has 5 aromatic rings. The maximum atomic E-state index is 9.79. The first kappa shape index (κ1) is 35.9. The van der Waals surface area contributed by atoms with Gasteiger partial charge in [0.15, 0.2) is 0 Å². The Hall–Kier alpha value is -4.92. The summed E-state index contributed by atoms with van der Waals surface area (Å²) in [5, 5.41) is 29.9. The van der Waals surface area contributed by atoms with Gasteiger partial charge in [-0.05, 0) is 78.8 Å². The Morgan fingerprint density at radius 3 is 2.55 bits per heavy atom. The van der Waals surface area contributed by atoms with Gasteiger partial charge in [-0.3, -0.25) is 10.1 Å². The quantitative estimate of drug-likeness (QED) is 0.0939. The minimum Gasteiger partial charge on any atom is -0.493 e. The van der Waals surface area contributed by atoms with Gasteiger partial charge in [0, 0.05) is 74.2 Å². The number of benzene rings is 3. The predicted molar refractivity (Wildman–Crippen MR) is 197 cm³/mol. The molecule has 3 heterocycles. The number of aliphatic hydroxyl groups excluding tert-OH is 1. The third kappa shape index (κ3) is 9.45. The second-order valence-corrected chi connectivity index (χ2v) is 13.2. The Morgan fingerprint density at radius 1 is 0.941 bits per heavy atom. The third-order valence-electron chi connectivity index (χ3n) is 9.15. The molecule has 0 radical (unpaired) electrons. The zero-order valence-electron chi connectivity index (χ0n) is 29.0. The molecule has 0 spiro atoms. The summed E-state index contributed by atoms with van der Waals surface area (Å²) in [6.07, 6.45) is 6.49. The molecular formula is C40H43ClN6O4. The van der Waals surface area contributed by atoms with Gasteiger partial charge in [0.05, 0.1) is 23.3 Å². The number of hydrogen-bond donors (Lipinski definition) is 3. The topological polar surface area (TPSA) is 129 Å². The number of likely N-dealkylation sites (tertiary alicyclic amines) is 1. The van der Waals surface area contributed by atoms with Crippen molar-refractivity contribution in [2.75, 3.05) is 26.2 Å². The van der Waals surface area contributed by atoms with E-state index in [0.717, 1.165) is 82.9 Å². The second kappa shape index (κ2) is 17.3. The highest BCUT2D eigenvalue weighted by atomic mass is 35.5. The number of ether oxygens (including phenoxy) is 3. The van der Waals surface area contributed by atoms with Crippen molar-refractivity contribution < 1.29 is 19.3 Å². The van der Waals surface area contributed by atoms with Crippen LogP contribution in [0.15, 0.2) is 79.3 Å². The van der Waals surface area contributed by atoms with E-state index in [1.807, 2.05) is 36.4 Å². The van der Waals surface area contributed by atoms with Gasteiger partial charge in [-0.2, -0.15) is 10.4 Å². The zero-order chi connectivity index (χ0) is 35.6. The molecule has 1 atom stereocenters. The number of hydrogen-bond acceptors (Lipinski definition) is 9. The lowest BCUT2D eigenvalue weighted by Crippen LogP contribution is -2.24. The summed E-state index contributed by atoms with van der Waals surface area (Å²) in [5.41, 5.74) is 8.55. The number of rotatable bonds is 16. The number of aliphatic hydroxyl groups is 1.